The Balaban J connectivity index is 1.43. The average Bonchev–Trinajstić information content (AvgIpc) is 3.64. The maximum Gasteiger partial charge on any atom is 0.492 e. The van der Waals surface area contributed by atoms with Gasteiger partial charge in [0.25, 0.3) is 15.9 Å². The standard InChI is InChI=1S/C37H35ClF5N3O6S/c38-28-13-7-24(8-14-28)23-5-11-27(12-6-23)36(39,40)33(34(47)45-19-17-29(44)18-20-45)46(52-35(48)37(41,42)43)53(49,50)32-16-10-25-21-31(15-9-26(25)22-32)51-30-3-1-2-4-30/h5-16,21-22,29-30,33H,1-4,17-20,44H2/t33-/m0/s1. The molecule has 2 N–H and O–H groups in total. The minimum absolute atomic E-state index is 0.0180. The van der Waals surface area contributed by atoms with E-state index in [0.29, 0.717) is 27.3 Å². The van der Waals surface area contributed by atoms with Gasteiger partial charge in [0.05, 0.1) is 11.0 Å². The van der Waals surface area contributed by atoms with Gasteiger partial charge in [0.15, 0.2) is 0 Å². The molecule has 9 nitrogen and oxygen atoms in total. The molecule has 0 aromatic heterocycles. The van der Waals surface area contributed by atoms with Crippen LogP contribution in [-0.4, -0.2) is 67.1 Å². The fourth-order valence-electron chi connectivity index (χ4n) is 6.47. The van der Waals surface area contributed by atoms with Crippen LogP contribution in [0.15, 0.2) is 89.8 Å². The number of halogens is 6. The van der Waals surface area contributed by atoms with Gasteiger partial charge in [0.2, 0.25) is 6.04 Å². The molecule has 0 spiro atoms. The van der Waals surface area contributed by atoms with Gasteiger partial charge in [-0.25, -0.2) is 13.2 Å². The molecule has 1 atom stereocenters. The first-order valence-electron chi connectivity index (χ1n) is 16.9. The van der Waals surface area contributed by atoms with Crippen molar-refractivity contribution >= 4 is 44.3 Å². The smallest absolute Gasteiger partial charge is 0.490 e. The Bertz CT molecular complexity index is 2070. The first kappa shape index (κ1) is 38.4. The van der Waals surface area contributed by atoms with E-state index in [-0.39, 0.29) is 37.4 Å². The summed E-state index contributed by atoms with van der Waals surface area (Å²) in [6.45, 7) is -0.408. The second kappa shape index (κ2) is 15.2. The summed E-state index contributed by atoms with van der Waals surface area (Å²) in [5.41, 5.74) is 6.02. The van der Waals surface area contributed by atoms with Crippen molar-refractivity contribution in [3.05, 3.63) is 95.5 Å². The van der Waals surface area contributed by atoms with Crippen LogP contribution in [0.2, 0.25) is 5.02 Å². The van der Waals surface area contributed by atoms with E-state index in [9.17, 15) is 31.2 Å². The molecule has 0 radical (unpaired) electrons. The van der Waals surface area contributed by atoms with E-state index in [0.717, 1.165) is 54.8 Å². The molecular weight excluding hydrogens is 745 g/mol. The predicted octanol–water partition coefficient (Wildman–Crippen LogP) is 7.60. The molecule has 1 heterocycles. The van der Waals surface area contributed by atoms with E-state index >= 15 is 8.78 Å². The van der Waals surface area contributed by atoms with Crippen molar-refractivity contribution in [3.8, 4) is 16.9 Å². The van der Waals surface area contributed by atoms with Gasteiger partial charge in [0.1, 0.15) is 5.75 Å². The van der Waals surface area contributed by atoms with Crippen LogP contribution >= 0.6 is 11.6 Å². The van der Waals surface area contributed by atoms with E-state index in [1.807, 2.05) is 0 Å². The number of hydroxylamine groups is 1. The third-order valence-corrected chi connectivity index (χ3v) is 11.3. The Morgan fingerprint density at radius 2 is 1.38 bits per heavy atom. The topological polar surface area (TPSA) is 119 Å². The number of carbonyl (C=O) groups excluding carboxylic acids is 2. The lowest BCUT2D eigenvalue weighted by Crippen LogP contribution is -2.60. The van der Waals surface area contributed by atoms with Crippen LogP contribution in [0.1, 0.15) is 44.1 Å². The van der Waals surface area contributed by atoms with Crippen molar-refractivity contribution in [2.45, 2.75) is 73.7 Å². The van der Waals surface area contributed by atoms with Crippen LogP contribution in [0.25, 0.3) is 21.9 Å². The lowest BCUT2D eigenvalue weighted by Gasteiger charge is -2.38. The van der Waals surface area contributed by atoms with E-state index < -0.39 is 61.0 Å². The molecule has 1 amide bonds. The third-order valence-electron chi connectivity index (χ3n) is 9.41. The average molecular weight is 780 g/mol. The fraction of sp³-hybridized carbons (Fsp3) is 0.351. The molecule has 0 bridgehead atoms. The van der Waals surface area contributed by atoms with Crippen LogP contribution in [-0.2, 0) is 30.4 Å². The number of carbonyl (C=O) groups is 2. The number of alkyl halides is 5. The highest BCUT2D eigenvalue weighted by molar-refractivity contribution is 7.89. The number of benzene rings is 4. The zero-order chi connectivity index (χ0) is 38.1. The monoisotopic (exact) mass is 779 g/mol. The summed E-state index contributed by atoms with van der Waals surface area (Å²) in [4.78, 5) is 30.8. The summed E-state index contributed by atoms with van der Waals surface area (Å²) in [6, 6.07) is 15.1. The molecule has 1 aliphatic heterocycles. The molecule has 53 heavy (non-hydrogen) atoms. The van der Waals surface area contributed by atoms with Gasteiger partial charge >= 0.3 is 18.1 Å². The van der Waals surface area contributed by atoms with E-state index in [1.165, 1.54) is 24.3 Å². The number of piperidine rings is 1. The molecule has 1 saturated carbocycles. The number of amides is 1. The summed E-state index contributed by atoms with van der Waals surface area (Å²) >= 11 is 5.95. The largest absolute Gasteiger partial charge is 0.492 e. The molecule has 4 aromatic carbocycles. The predicted molar refractivity (Wildman–Crippen MR) is 186 cm³/mol. The molecule has 1 aliphatic carbocycles. The number of fused-ring (bicyclic) bond motifs is 1. The normalized spacial score (nSPS) is 16.9. The molecule has 2 aliphatic rings. The third kappa shape index (κ3) is 8.43. The van der Waals surface area contributed by atoms with Gasteiger partial charge in [-0.15, -0.1) is 0 Å². The zero-order valence-corrected chi connectivity index (χ0v) is 29.6. The van der Waals surface area contributed by atoms with Crippen LogP contribution in [0, 0.1) is 0 Å². The summed E-state index contributed by atoms with van der Waals surface area (Å²) in [5.74, 6) is -8.76. The van der Waals surface area contributed by atoms with Crippen molar-refractivity contribution in [2.24, 2.45) is 5.73 Å². The molecule has 282 valence electrons. The maximum atomic E-state index is 16.9. The molecule has 2 fully saturated rings. The number of likely N-dealkylation sites (tertiary alicyclic amines) is 1. The highest BCUT2D eigenvalue weighted by Crippen LogP contribution is 2.41. The van der Waals surface area contributed by atoms with Crippen molar-refractivity contribution in [2.75, 3.05) is 13.1 Å². The molecule has 4 aromatic rings. The fourth-order valence-corrected chi connectivity index (χ4v) is 7.98. The van der Waals surface area contributed by atoms with Gasteiger partial charge in [-0.05, 0) is 101 Å². The summed E-state index contributed by atoms with van der Waals surface area (Å²) in [5, 5.41) is 1.15. The Hall–Kier alpha value is -4.31. The minimum Gasteiger partial charge on any atom is -0.490 e. The Kier molecular flexibility index (Phi) is 11.0. The lowest BCUT2D eigenvalue weighted by molar-refractivity contribution is -0.239. The number of hydrogen-bond donors (Lipinski definition) is 1. The van der Waals surface area contributed by atoms with Gasteiger partial charge < -0.3 is 20.2 Å². The molecule has 1 saturated heterocycles. The quantitative estimate of drug-likeness (QED) is 0.130. The van der Waals surface area contributed by atoms with Crippen molar-refractivity contribution < 1.29 is 49.5 Å². The first-order chi connectivity index (χ1) is 25.0. The molecule has 6 rings (SSSR count). The van der Waals surface area contributed by atoms with Crippen LogP contribution in [0.3, 0.4) is 0 Å². The lowest BCUT2D eigenvalue weighted by atomic mass is 9.96. The van der Waals surface area contributed by atoms with Gasteiger partial charge in [-0.2, -0.15) is 22.0 Å². The van der Waals surface area contributed by atoms with Crippen LogP contribution in [0.5, 0.6) is 5.75 Å². The van der Waals surface area contributed by atoms with Crippen molar-refractivity contribution in [1.29, 1.82) is 0 Å². The Labute approximate surface area is 307 Å². The second-order valence-electron chi connectivity index (χ2n) is 13.1. The number of hydrogen-bond acceptors (Lipinski definition) is 7. The Morgan fingerprint density at radius 1 is 0.811 bits per heavy atom. The van der Waals surface area contributed by atoms with Crippen LogP contribution in [0.4, 0.5) is 22.0 Å². The summed E-state index contributed by atoms with van der Waals surface area (Å²) in [6.07, 6.45) is -1.71. The van der Waals surface area contributed by atoms with E-state index in [1.54, 1.807) is 36.4 Å². The molecular formula is C37H35ClF5N3O6S. The van der Waals surface area contributed by atoms with E-state index in [2.05, 4.69) is 4.84 Å². The van der Waals surface area contributed by atoms with Gasteiger partial charge in [-0.1, -0.05) is 60.1 Å². The van der Waals surface area contributed by atoms with E-state index in [4.69, 9.17) is 22.1 Å². The SMILES string of the molecule is NC1CCN(C(=O)[C@H](N(OC(=O)C(F)(F)F)S(=O)(=O)c2ccc3cc(OC4CCCC4)ccc3c2)C(F)(F)c2ccc(-c3ccc(Cl)cc3)cc2)CC1. The zero-order valence-electron chi connectivity index (χ0n) is 28.1. The highest BCUT2D eigenvalue weighted by atomic mass is 35.5. The Morgan fingerprint density at radius 3 is 1.98 bits per heavy atom. The van der Waals surface area contributed by atoms with Crippen molar-refractivity contribution in [3.63, 3.8) is 0 Å². The number of nitrogens with zero attached hydrogens (tertiary/aromatic N) is 2. The van der Waals surface area contributed by atoms with Crippen molar-refractivity contribution in [1.82, 2.24) is 9.37 Å². The van der Waals surface area contributed by atoms with Crippen LogP contribution < -0.4 is 10.5 Å². The number of ether oxygens (including phenoxy) is 1. The number of nitrogens with two attached hydrogens (primary N) is 1. The summed E-state index contributed by atoms with van der Waals surface area (Å²) < 4.78 is 109. The highest BCUT2D eigenvalue weighted by Gasteiger charge is 2.58. The second-order valence-corrected chi connectivity index (χ2v) is 15.3. The van der Waals surface area contributed by atoms with Gasteiger partial charge in [-0.3, -0.25) is 4.79 Å². The maximum absolute atomic E-state index is 16.9. The number of rotatable bonds is 10. The summed E-state index contributed by atoms with van der Waals surface area (Å²) in [7, 11) is -5.62. The minimum atomic E-state index is -5.83. The number of sulfonamides is 1. The first-order valence-corrected chi connectivity index (χ1v) is 18.7. The molecule has 0 unspecified atom stereocenters. The van der Waals surface area contributed by atoms with Gasteiger partial charge in [0, 0.05) is 29.7 Å². The molecule has 16 heteroatoms.